The molecule has 0 aliphatic carbocycles. The molecule has 0 radical (unpaired) electrons. The van der Waals surface area contributed by atoms with E-state index in [2.05, 4.69) is 27.3 Å². The summed E-state index contributed by atoms with van der Waals surface area (Å²) in [5.41, 5.74) is 1.18. The van der Waals surface area contributed by atoms with Crippen molar-refractivity contribution in [1.29, 1.82) is 0 Å². The lowest BCUT2D eigenvalue weighted by Gasteiger charge is -2.38. The van der Waals surface area contributed by atoms with E-state index in [-0.39, 0.29) is 17.7 Å². The zero-order valence-corrected chi connectivity index (χ0v) is 20.0. The van der Waals surface area contributed by atoms with Crippen molar-refractivity contribution in [3.63, 3.8) is 0 Å². The summed E-state index contributed by atoms with van der Waals surface area (Å²) in [5.74, 6) is -5.51. The third-order valence-electron chi connectivity index (χ3n) is 5.26. The molecule has 2 fully saturated rings. The van der Waals surface area contributed by atoms with Gasteiger partial charge in [0, 0.05) is 58.8 Å². The van der Waals surface area contributed by atoms with Crippen LogP contribution >= 0.6 is 0 Å². The van der Waals surface area contributed by atoms with Crippen LogP contribution in [0.2, 0.25) is 0 Å². The summed E-state index contributed by atoms with van der Waals surface area (Å²) in [5, 5.41) is 17.4. The number of hydrogen-bond donors (Lipinski definition) is 3. The predicted octanol–water partition coefficient (Wildman–Crippen LogP) is 2.74. The number of nitrogens with zero attached hydrogens (tertiary/aromatic N) is 3. The lowest BCUT2D eigenvalue weighted by atomic mass is 9.89. The number of aromatic nitrogens is 1. The van der Waals surface area contributed by atoms with E-state index in [1.807, 2.05) is 12.4 Å². The monoisotopic (exact) mass is 546 g/mol. The lowest BCUT2D eigenvalue weighted by Crippen LogP contribution is -2.51. The smallest absolute Gasteiger partial charge is 0.475 e. The number of rotatable bonds is 3. The first kappa shape index (κ1) is 31.9. The van der Waals surface area contributed by atoms with Gasteiger partial charge in [0.2, 0.25) is 0 Å². The molecular formula is C21H28F6N4O6. The van der Waals surface area contributed by atoms with Crippen LogP contribution in [0.3, 0.4) is 0 Å². The molecule has 1 aromatic heterocycles. The molecule has 0 aromatic carbocycles. The van der Waals surface area contributed by atoms with E-state index in [0.717, 1.165) is 45.5 Å². The van der Waals surface area contributed by atoms with E-state index in [9.17, 15) is 31.1 Å². The van der Waals surface area contributed by atoms with E-state index in [1.54, 1.807) is 19.0 Å². The van der Waals surface area contributed by atoms with Crippen molar-refractivity contribution in [3.05, 3.63) is 30.1 Å². The van der Waals surface area contributed by atoms with Gasteiger partial charge in [0.15, 0.2) is 0 Å². The van der Waals surface area contributed by atoms with Gasteiger partial charge in [0.05, 0.1) is 5.60 Å². The molecule has 10 nitrogen and oxygen atoms in total. The summed E-state index contributed by atoms with van der Waals surface area (Å²) < 4.78 is 69.6. The molecule has 1 aromatic rings. The highest BCUT2D eigenvalue weighted by molar-refractivity contribution is 5.74. The van der Waals surface area contributed by atoms with E-state index in [0.29, 0.717) is 0 Å². The number of likely N-dealkylation sites (tertiary alicyclic amines) is 1. The van der Waals surface area contributed by atoms with Gasteiger partial charge in [-0.2, -0.15) is 26.3 Å². The predicted molar refractivity (Wildman–Crippen MR) is 115 cm³/mol. The molecule has 0 unspecified atom stereocenters. The van der Waals surface area contributed by atoms with Crippen LogP contribution in [0.1, 0.15) is 24.8 Å². The molecule has 16 heteroatoms. The topological polar surface area (TPSA) is 132 Å². The standard InChI is InChI=1S/C17H26N4O2.2C2HF3O2/c1-20(2)16(22)19-15-5-10-23-17(11-15)6-9-21(13-17)12-14-3-7-18-8-4-14;2*3-2(4,5)1(6)7/h3-4,7-8,15H,5-6,9-13H2,1-2H3,(H,19,22);2*(H,6,7)/t15-,17-;;/m1../s1. The van der Waals surface area contributed by atoms with Crippen molar-refractivity contribution >= 4 is 18.0 Å². The van der Waals surface area contributed by atoms with Crippen LogP contribution in [-0.2, 0) is 20.9 Å². The molecule has 2 amide bonds. The molecule has 2 aliphatic rings. The van der Waals surface area contributed by atoms with Gasteiger partial charge in [-0.1, -0.05) is 0 Å². The molecule has 2 saturated heterocycles. The third-order valence-corrected chi connectivity index (χ3v) is 5.26. The first-order chi connectivity index (χ1) is 16.9. The SMILES string of the molecule is CN(C)C(=O)N[C@@H]1CCO[C@]2(CCN(Cc3ccncc3)C2)C1.O=C(O)C(F)(F)F.O=C(O)C(F)(F)F. The molecule has 3 N–H and O–H groups in total. The van der Waals surface area contributed by atoms with Crippen LogP contribution in [0, 0.1) is 0 Å². The minimum absolute atomic E-state index is 0.0151. The second kappa shape index (κ2) is 13.4. The number of carbonyl (C=O) groups is 3. The molecule has 210 valence electrons. The van der Waals surface area contributed by atoms with Crippen LogP contribution in [0.25, 0.3) is 0 Å². The highest BCUT2D eigenvalue weighted by Gasteiger charge is 2.43. The average Bonchev–Trinajstić information content (AvgIpc) is 3.15. The Labute approximate surface area is 208 Å². The second-order valence-corrected chi connectivity index (χ2v) is 8.49. The maximum atomic E-state index is 11.9. The number of aliphatic carboxylic acids is 2. The normalized spacial score (nSPS) is 21.7. The zero-order valence-electron chi connectivity index (χ0n) is 20.0. The zero-order chi connectivity index (χ0) is 28.4. The molecule has 2 atom stereocenters. The minimum Gasteiger partial charge on any atom is -0.475 e. The van der Waals surface area contributed by atoms with Crippen LogP contribution in [0.5, 0.6) is 0 Å². The number of halogens is 6. The van der Waals surface area contributed by atoms with Gasteiger partial charge in [-0.15, -0.1) is 0 Å². The Balaban J connectivity index is 0.000000404. The number of pyridine rings is 1. The highest BCUT2D eigenvalue weighted by atomic mass is 19.4. The summed E-state index contributed by atoms with van der Waals surface area (Å²) >= 11 is 0. The van der Waals surface area contributed by atoms with E-state index < -0.39 is 24.3 Å². The molecule has 0 bridgehead atoms. The van der Waals surface area contributed by atoms with E-state index in [4.69, 9.17) is 24.5 Å². The summed E-state index contributed by atoms with van der Waals surface area (Å²) in [6, 6.07) is 4.32. The number of carbonyl (C=O) groups excluding carboxylic acids is 1. The fourth-order valence-electron chi connectivity index (χ4n) is 3.55. The molecule has 1 spiro atoms. The molecule has 37 heavy (non-hydrogen) atoms. The number of carboxylic acids is 2. The number of carboxylic acid groups (broad SMARTS) is 2. The van der Waals surface area contributed by atoms with Gasteiger partial charge in [0.25, 0.3) is 0 Å². The number of alkyl halides is 6. The quantitative estimate of drug-likeness (QED) is 0.494. The van der Waals surface area contributed by atoms with Crippen molar-refractivity contribution in [3.8, 4) is 0 Å². The Morgan fingerprint density at radius 1 is 1.11 bits per heavy atom. The van der Waals surface area contributed by atoms with Crippen molar-refractivity contribution < 1.29 is 55.7 Å². The van der Waals surface area contributed by atoms with E-state index >= 15 is 0 Å². The van der Waals surface area contributed by atoms with Gasteiger partial charge < -0.3 is 25.2 Å². The van der Waals surface area contributed by atoms with Crippen LogP contribution in [0.4, 0.5) is 31.1 Å². The highest BCUT2D eigenvalue weighted by Crippen LogP contribution is 2.35. The van der Waals surface area contributed by atoms with Crippen molar-refractivity contribution in [2.45, 2.75) is 49.8 Å². The number of hydrogen-bond acceptors (Lipinski definition) is 6. The number of nitrogens with one attached hydrogen (secondary N) is 1. The van der Waals surface area contributed by atoms with Crippen LogP contribution in [0.15, 0.2) is 24.5 Å². The van der Waals surface area contributed by atoms with E-state index in [1.165, 1.54) is 5.56 Å². The maximum Gasteiger partial charge on any atom is 0.490 e. The van der Waals surface area contributed by atoms with Gasteiger partial charge in [-0.3, -0.25) is 9.88 Å². The van der Waals surface area contributed by atoms with Gasteiger partial charge >= 0.3 is 30.3 Å². The third kappa shape index (κ3) is 11.6. The summed E-state index contributed by atoms with van der Waals surface area (Å²) in [6.45, 7) is 3.63. The van der Waals surface area contributed by atoms with Crippen molar-refractivity contribution in [2.75, 3.05) is 33.8 Å². The fourth-order valence-corrected chi connectivity index (χ4v) is 3.55. The lowest BCUT2D eigenvalue weighted by molar-refractivity contribution is -0.193. The van der Waals surface area contributed by atoms with Gasteiger partial charge in [-0.05, 0) is 37.0 Å². The summed E-state index contributed by atoms with van der Waals surface area (Å²) in [7, 11) is 3.55. The van der Waals surface area contributed by atoms with Gasteiger partial charge in [0.1, 0.15) is 0 Å². The Kier molecular flexibility index (Phi) is 11.6. The maximum absolute atomic E-state index is 11.9. The summed E-state index contributed by atoms with van der Waals surface area (Å²) in [4.78, 5) is 37.8. The number of urea groups is 1. The molecule has 3 heterocycles. The van der Waals surface area contributed by atoms with Gasteiger partial charge in [-0.25, -0.2) is 14.4 Å². The Bertz CT molecular complexity index is 876. The molecular weight excluding hydrogens is 518 g/mol. The molecule has 0 saturated carbocycles. The van der Waals surface area contributed by atoms with Crippen LogP contribution < -0.4 is 5.32 Å². The molecule has 2 aliphatic heterocycles. The Morgan fingerprint density at radius 2 is 1.62 bits per heavy atom. The summed E-state index contributed by atoms with van der Waals surface area (Å²) in [6.07, 6.45) is -3.66. The second-order valence-electron chi connectivity index (χ2n) is 8.49. The largest absolute Gasteiger partial charge is 0.490 e. The first-order valence-corrected chi connectivity index (χ1v) is 10.8. The number of ether oxygens (including phenoxy) is 1. The van der Waals surface area contributed by atoms with Crippen LogP contribution in [-0.4, -0.2) is 101 Å². The first-order valence-electron chi connectivity index (χ1n) is 10.8. The number of amides is 2. The Hall–Kier alpha value is -3.14. The van der Waals surface area contributed by atoms with Crippen molar-refractivity contribution in [1.82, 2.24) is 20.1 Å². The minimum atomic E-state index is -5.08. The fraction of sp³-hybridized carbons (Fsp3) is 0.619. The molecule has 3 rings (SSSR count). The Morgan fingerprint density at radius 3 is 2.08 bits per heavy atom. The average molecular weight is 546 g/mol. The van der Waals surface area contributed by atoms with Crippen molar-refractivity contribution in [2.24, 2.45) is 0 Å².